The van der Waals surface area contributed by atoms with Crippen LogP contribution in [-0.4, -0.2) is 32.5 Å². The standard InChI is InChI=1S/C19H18BrN5O2S/c1-12-3-9-16(10-4-12)25-13(2)23-24-19(25)28-11-17(26)22-18(27)21-15-7-5-14(20)6-8-15/h3-10H,11H2,1-2H3,(H2,21,22,26,27). The zero-order valence-corrected chi connectivity index (χ0v) is 17.7. The van der Waals surface area contributed by atoms with E-state index in [2.05, 4.69) is 36.8 Å². The second-order valence-electron chi connectivity index (χ2n) is 6.00. The average Bonchev–Trinajstić information content (AvgIpc) is 3.03. The van der Waals surface area contributed by atoms with Crippen LogP contribution in [0.15, 0.2) is 58.2 Å². The number of carbonyl (C=O) groups excluding carboxylic acids is 2. The normalized spacial score (nSPS) is 10.5. The van der Waals surface area contributed by atoms with Crippen LogP contribution in [0.2, 0.25) is 0 Å². The summed E-state index contributed by atoms with van der Waals surface area (Å²) >= 11 is 4.54. The first-order valence-corrected chi connectivity index (χ1v) is 10.2. The number of aryl methyl sites for hydroxylation is 2. The van der Waals surface area contributed by atoms with Gasteiger partial charge in [0.05, 0.1) is 5.75 Å². The molecule has 1 aromatic heterocycles. The third-order valence-corrected chi connectivity index (χ3v) is 5.23. The van der Waals surface area contributed by atoms with Crippen molar-refractivity contribution >= 4 is 45.3 Å². The Morgan fingerprint density at radius 1 is 1.04 bits per heavy atom. The Morgan fingerprint density at radius 3 is 2.39 bits per heavy atom. The van der Waals surface area contributed by atoms with Crippen molar-refractivity contribution in [3.8, 4) is 5.69 Å². The van der Waals surface area contributed by atoms with Crippen LogP contribution in [0.25, 0.3) is 5.69 Å². The van der Waals surface area contributed by atoms with Gasteiger partial charge in [-0.05, 0) is 50.2 Å². The highest BCUT2D eigenvalue weighted by molar-refractivity contribution is 9.10. The van der Waals surface area contributed by atoms with Crippen LogP contribution < -0.4 is 10.6 Å². The second-order valence-corrected chi connectivity index (χ2v) is 7.86. The molecule has 0 fully saturated rings. The quantitative estimate of drug-likeness (QED) is 0.560. The molecule has 1 heterocycles. The van der Waals surface area contributed by atoms with Gasteiger partial charge in [-0.15, -0.1) is 10.2 Å². The number of amides is 3. The van der Waals surface area contributed by atoms with Gasteiger partial charge in [-0.25, -0.2) is 4.79 Å². The Morgan fingerprint density at radius 2 is 1.71 bits per heavy atom. The first-order valence-electron chi connectivity index (χ1n) is 8.40. The predicted molar refractivity (Wildman–Crippen MR) is 113 cm³/mol. The lowest BCUT2D eigenvalue weighted by Gasteiger charge is -2.09. The third kappa shape index (κ3) is 5.20. The monoisotopic (exact) mass is 459 g/mol. The van der Waals surface area contributed by atoms with Crippen molar-refractivity contribution in [2.24, 2.45) is 0 Å². The fourth-order valence-electron chi connectivity index (χ4n) is 2.42. The average molecular weight is 460 g/mol. The van der Waals surface area contributed by atoms with Crippen molar-refractivity contribution < 1.29 is 9.59 Å². The summed E-state index contributed by atoms with van der Waals surface area (Å²) in [6.07, 6.45) is 0. The Bertz CT molecular complexity index is 987. The number of rotatable bonds is 5. The molecule has 2 N–H and O–H groups in total. The smallest absolute Gasteiger partial charge is 0.308 e. The van der Waals surface area contributed by atoms with Crippen molar-refractivity contribution in [3.63, 3.8) is 0 Å². The largest absolute Gasteiger partial charge is 0.325 e. The molecule has 0 aliphatic heterocycles. The summed E-state index contributed by atoms with van der Waals surface area (Å²) in [5, 5.41) is 13.7. The van der Waals surface area contributed by atoms with Gasteiger partial charge in [0, 0.05) is 15.8 Å². The van der Waals surface area contributed by atoms with E-state index in [-0.39, 0.29) is 5.75 Å². The van der Waals surface area contributed by atoms with Gasteiger partial charge in [-0.3, -0.25) is 14.7 Å². The SMILES string of the molecule is Cc1ccc(-n2c(C)nnc2SCC(=O)NC(=O)Nc2ccc(Br)cc2)cc1. The van der Waals surface area contributed by atoms with Gasteiger partial charge in [0.25, 0.3) is 0 Å². The summed E-state index contributed by atoms with van der Waals surface area (Å²) in [6.45, 7) is 3.87. The van der Waals surface area contributed by atoms with Crippen LogP contribution in [0.5, 0.6) is 0 Å². The van der Waals surface area contributed by atoms with Gasteiger partial charge in [-0.1, -0.05) is 45.4 Å². The number of halogens is 1. The molecule has 0 radical (unpaired) electrons. The van der Waals surface area contributed by atoms with E-state index in [1.54, 1.807) is 24.3 Å². The number of imide groups is 1. The van der Waals surface area contributed by atoms with E-state index in [0.717, 1.165) is 21.5 Å². The van der Waals surface area contributed by atoms with Crippen LogP contribution in [0.4, 0.5) is 10.5 Å². The highest BCUT2D eigenvalue weighted by Crippen LogP contribution is 2.22. The van der Waals surface area contributed by atoms with Gasteiger partial charge in [0.1, 0.15) is 5.82 Å². The Hall–Kier alpha value is -2.65. The molecule has 7 nitrogen and oxygen atoms in total. The minimum atomic E-state index is -0.580. The van der Waals surface area contributed by atoms with Crippen LogP contribution in [-0.2, 0) is 4.79 Å². The lowest BCUT2D eigenvalue weighted by Crippen LogP contribution is -2.35. The zero-order chi connectivity index (χ0) is 20.1. The molecule has 28 heavy (non-hydrogen) atoms. The molecule has 0 bridgehead atoms. The van der Waals surface area contributed by atoms with E-state index in [1.165, 1.54) is 11.8 Å². The number of hydrogen-bond acceptors (Lipinski definition) is 5. The number of thioether (sulfide) groups is 1. The summed E-state index contributed by atoms with van der Waals surface area (Å²) < 4.78 is 2.78. The molecule has 0 aliphatic carbocycles. The molecule has 144 valence electrons. The minimum Gasteiger partial charge on any atom is -0.308 e. The van der Waals surface area contributed by atoms with Gasteiger partial charge in [0.2, 0.25) is 5.91 Å². The van der Waals surface area contributed by atoms with Crippen molar-refractivity contribution in [2.75, 3.05) is 11.1 Å². The van der Waals surface area contributed by atoms with Crippen molar-refractivity contribution in [3.05, 3.63) is 64.4 Å². The molecule has 3 aromatic rings. The summed E-state index contributed by atoms with van der Waals surface area (Å²) in [5.74, 6) is 0.341. The van der Waals surface area contributed by atoms with Crippen LogP contribution in [0.1, 0.15) is 11.4 Å². The Labute approximate surface area is 175 Å². The maximum absolute atomic E-state index is 12.1. The van der Waals surface area contributed by atoms with Gasteiger partial charge < -0.3 is 5.32 Å². The molecular weight excluding hydrogens is 442 g/mol. The summed E-state index contributed by atoms with van der Waals surface area (Å²) in [4.78, 5) is 24.1. The van der Waals surface area contributed by atoms with Gasteiger partial charge in [-0.2, -0.15) is 0 Å². The van der Waals surface area contributed by atoms with Gasteiger partial charge in [0.15, 0.2) is 5.16 Å². The first kappa shape index (κ1) is 20.1. The fourth-order valence-corrected chi connectivity index (χ4v) is 3.48. The molecule has 3 amide bonds. The fraction of sp³-hybridized carbons (Fsp3) is 0.158. The molecule has 0 spiro atoms. The molecule has 0 aliphatic rings. The summed E-state index contributed by atoms with van der Waals surface area (Å²) in [5.41, 5.74) is 2.67. The second kappa shape index (κ2) is 9.03. The van der Waals surface area contributed by atoms with Crippen molar-refractivity contribution in [1.82, 2.24) is 20.1 Å². The lowest BCUT2D eigenvalue weighted by molar-refractivity contribution is -0.117. The van der Waals surface area contributed by atoms with Gasteiger partial charge >= 0.3 is 6.03 Å². The highest BCUT2D eigenvalue weighted by Gasteiger charge is 2.14. The van der Waals surface area contributed by atoms with Crippen LogP contribution in [0, 0.1) is 13.8 Å². The Kier molecular flexibility index (Phi) is 6.48. The maximum Gasteiger partial charge on any atom is 0.325 e. The molecule has 0 unspecified atom stereocenters. The number of urea groups is 1. The molecule has 0 saturated heterocycles. The van der Waals surface area contributed by atoms with Crippen LogP contribution in [0.3, 0.4) is 0 Å². The molecule has 3 rings (SSSR count). The molecule has 0 atom stereocenters. The third-order valence-electron chi connectivity index (χ3n) is 3.77. The van der Waals surface area contributed by atoms with E-state index < -0.39 is 11.9 Å². The molecule has 2 aromatic carbocycles. The lowest BCUT2D eigenvalue weighted by atomic mass is 10.2. The zero-order valence-electron chi connectivity index (χ0n) is 15.3. The van der Waals surface area contributed by atoms with Crippen molar-refractivity contribution in [1.29, 1.82) is 0 Å². The number of benzene rings is 2. The topological polar surface area (TPSA) is 88.9 Å². The summed E-state index contributed by atoms with van der Waals surface area (Å²) in [6, 6.07) is 14.4. The number of nitrogens with one attached hydrogen (secondary N) is 2. The number of carbonyl (C=O) groups is 2. The van der Waals surface area contributed by atoms with Crippen molar-refractivity contribution in [2.45, 2.75) is 19.0 Å². The van der Waals surface area contributed by atoms with E-state index in [9.17, 15) is 9.59 Å². The minimum absolute atomic E-state index is 0.0394. The Balaban J connectivity index is 1.58. The maximum atomic E-state index is 12.1. The summed E-state index contributed by atoms with van der Waals surface area (Å²) in [7, 11) is 0. The number of aromatic nitrogens is 3. The molecular formula is C19H18BrN5O2S. The highest BCUT2D eigenvalue weighted by atomic mass is 79.9. The van der Waals surface area contributed by atoms with E-state index in [1.807, 2.05) is 42.7 Å². The number of nitrogens with zero attached hydrogens (tertiary/aromatic N) is 3. The molecule has 0 saturated carbocycles. The van der Waals surface area contributed by atoms with E-state index in [4.69, 9.17) is 0 Å². The van der Waals surface area contributed by atoms with Crippen LogP contribution >= 0.6 is 27.7 Å². The van der Waals surface area contributed by atoms with E-state index in [0.29, 0.717) is 10.8 Å². The first-order chi connectivity index (χ1) is 13.4. The predicted octanol–water partition coefficient (Wildman–Crippen LogP) is 4.09. The number of anilines is 1. The number of hydrogen-bond donors (Lipinski definition) is 2. The molecule has 9 heteroatoms. The van der Waals surface area contributed by atoms with E-state index >= 15 is 0 Å².